The highest BCUT2D eigenvalue weighted by molar-refractivity contribution is 5.79. The molecule has 1 aliphatic rings. The lowest BCUT2D eigenvalue weighted by Crippen LogP contribution is -2.53. The molecule has 0 bridgehead atoms. The molecule has 0 saturated carbocycles. The van der Waals surface area contributed by atoms with Crippen molar-refractivity contribution in [3.63, 3.8) is 0 Å². The van der Waals surface area contributed by atoms with Crippen LogP contribution in [0.3, 0.4) is 0 Å². The Hall–Kier alpha value is -2.54. The zero-order valence-electron chi connectivity index (χ0n) is 14.8. The van der Waals surface area contributed by atoms with Crippen LogP contribution in [-0.4, -0.2) is 63.4 Å². The zero-order chi connectivity index (χ0) is 18.0. The van der Waals surface area contributed by atoms with Gasteiger partial charge in [0.15, 0.2) is 0 Å². The van der Waals surface area contributed by atoms with Crippen LogP contribution in [0.15, 0.2) is 29.3 Å². The van der Waals surface area contributed by atoms with Gasteiger partial charge in [-0.25, -0.2) is 4.98 Å². The summed E-state index contributed by atoms with van der Waals surface area (Å²) in [5.41, 5.74) is 1.56. The number of aromatic amines is 1. The van der Waals surface area contributed by atoms with Crippen molar-refractivity contribution in [2.24, 2.45) is 0 Å². The average molecular weight is 341 g/mol. The number of hydrogen-bond donors (Lipinski definition) is 1. The molecule has 1 fully saturated rings. The molecule has 2 aromatic rings. The van der Waals surface area contributed by atoms with E-state index in [0.717, 1.165) is 18.7 Å². The van der Waals surface area contributed by atoms with E-state index >= 15 is 0 Å². The van der Waals surface area contributed by atoms with Crippen molar-refractivity contribution < 1.29 is 4.79 Å². The van der Waals surface area contributed by atoms with Crippen molar-refractivity contribution in [2.45, 2.75) is 26.3 Å². The molecule has 3 rings (SSSR count). The maximum Gasteiger partial charge on any atom is 0.255 e. The Balaban J connectivity index is 1.81. The summed E-state index contributed by atoms with van der Waals surface area (Å²) in [5, 5.41) is 0. The van der Waals surface area contributed by atoms with Crippen LogP contribution < -0.4 is 5.56 Å². The quantitative estimate of drug-likeness (QED) is 0.895. The first-order chi connectivity index (χ1) is 12.0. The first kappa shape index (κ1) is 17.3. The lowest BCUT2D eigenvalue weighted by molar-refractivity contribution is -0.134. The largest absolute Gasteiger partial charge is 0.337 e. The van der Waals surface area contributed by atoms with Gasteiger partial charge in [0.1, 0.15) is 5.82 Å². The molecule has 1 N–H and O–H groups in total. The van der Waals surface area contributed by atoms with Gasteiger partial charge in [0, 0.05) is 54.9 Å². The van der Waals surface area contributed by atoms with Crippen LogP contribution in [0.25, 0.3) is 11.4 Å². The molecule has 1 amide bonds. The third kappa shape index (κ3) is 3.76. The van der Waals surface area contributed by atoms with Gasteiger partial charge < -0.3 is 14.8 Å². The number of amides is 1. The highest BCUT2D eigenvalue weighted by atomic mass is 16.2. The molecule has 7 heteroatoms. The minimum absolute atomic E-state index is 0.0207. The molecule has 1 saturated heterocycles. The van der Waals surface area contributed by atoms with E-state index in [1.54, 1.807) is 31.5 Å². The van der Waals surface area contributed by atoms with Crippen molar-refractivity contribution in [1.82, 2.24) is 24.8 Å². The van der Waals surface area contributed by atoms with Crippen LogP contribution in [0, 0.1) is 6.92 Å². The van der Waals surface area contributed by atoms with Gasteiger partial charge in [0.2, 0.25) is 5.91 Å². The van der Waals surface area contributed by atoms with Gasteiger partial charge in [-0.1, -0.05) is 0 Å². The second kappa shape index (κ2) is 7.14. The van der Waals surface area contributed by atoms with Crippen LogP contribution in [0.1, 0.15) is 18.2 Å². The molecule has 0 spiro atoms. The highest BCUT2D eigenvalue weighted by Gasteiger charge is 2.26. The fourth-order valence-corrected chi connectivity index (χ4v) is 3.23. The minimum atomic E-state index is -0.255. The number of piperazine rings is 1. The Morgan fingerprint density at radius 3 is 2.68 bits per heavy atom. The van der Waals surface area contributed by atoms with E-state index in [4.69, 9.17) is 0 Å². The van der Waals surface area contributed by atoms with Gasteiger partial charge in [-0.3, -0.25) is 14.6 Å². The maximum absolute atomic E-state index is 12.7. The van der Waals surface area contributed by atoms with Gasteiger partial charge in [0.25, 0.3) is 5.56 Å². The van der Waals surface area contributed by atoms with E-state index in [-0.39, 0.29) is 23.9 Å². The summed E-state index contributed by atoms with van der Waals surface area (Å²) in [6.07, 6.45) is 3.38. The Morgan fingerprint density at radius 2 is 2.04 bits per heavy atom. The number of H-pyrrole nitrogens is 1. The molecular weight excluding hydrogens is 318 g/mol. The summed E-state index contributed by atoms with van der Waals surface area (Å²) >= 11 is 0. The zero-order valence-corrected chi connectivity index (χ0v) is 14.8. The average Bonchev–Trinajstić information content (AvgIpc) is 2.58. The standard InChI is InChI=1S/C18H23N5O2/c1-12-11-22(3)8-9-23(12)16(24)10-15-13(2)20-17(21-18(15)25)14-4-6-19-7-5-14/h4-7,12H,8-11H2,1-3H3,(H,20,21,25)/t12-/m0/s1. The summed E-state index contributed by atoms with van der Waals surface area (Å²) in [7, 11) is 2.05. The van der Waals surface area contributed by atoms with Crippen LogP contribution in [0.5, 0.6) is 0 Å². The number of carbonyl (C=O) groups excluding carboxylic acids is 1. The Kier molecular flexibility index (Phi) is 4.94. The van der Waals surface area contributed by atoms with Crippen LogP contribution in [0.4, 0.5) is 0 Å². The van der Waals surface area contributed by atoms with Crippen molar-refractivity contribution >= 4 is 5.91 Å². The number of pyridine rings is 1. The number of nitrogens with one attached hydrogen (secondary N) is 1. The maximum atomic E-state index is 12.7. The molecule has 0 aliphatic carbocycles. The molecule has 7 nitrogen and oxygen atoms in total. The number of nitrogens with zero attached hydrogens (tertiary/aromatic N) is 4. The second-order valence-electron chi connectivity index (χ2n) is 6.59. The fourth-order valence-electron chi connectivity index (χ4n) is 3.23. The third-order valence-electron chi connectivity index (χ3n) is 4.65. The van der Waals surface area contributed by atoms with E-state index < -0.39 is 0 Å². The Bertz CT molecular complexity index is 818. The molecule has 25 heavy (non-hydrogen) atoms. The van der Waals surface area contributed by atoms with Gasteiger partial charge >= 0.3 is 0 Å². The van der Waals surface area contributed by atoms with Crippen LogP contribution in [-0.2, 0) is 11.2 Å². The van der Waals surface area contributed by atoms with Gasteiger partial charge in [-0.2, -0.15) is 0 Å². The molecular formula is C18H23N5O2. The normalized spacial score (nSPS) is 18.4. The number of aromatic nitrogens is 3. The molecule has 0 radical (unpaired) electrons. The van der Waals surface area contributed by atoms with E-state index in [9.17, 15) is 9.59 Å². The van der Waals surface area contributed by atoms with Gasteiger partial charge in [-0.05, 0) is 33.0 Å². The molecule has 3 heterocycles. The summed E-state index contributed by atoms with van der Waals surface area (Å²) in [5.74, 6) is 0.474. The van der Waals surface area contributed by atoms with Crippen molar-refractivity contribution in [1.29, 1.82) is 0 Å². The molecule has 2 aromatic heterocycles. The Labute approximate surface area is 146 Å². The van der Waals surface area contributed by atoms with Gasteiger partial charge in [0.05, 0.1) is 6.42 Å². The molecule has 0 aromatic carbocycles. The third-order valence-corrected chi connectivity index (χ3v) is 4.65. The smallest absolute Gasteiger partial charge is 0.255 e. The lowest BCUT2D eigenvalue weighted by Gasteiger charge is -2.38. The monoisotopic (exact) mass is 341 g/mol. The number of rotatable bonds is 3. The number of aryl methyl sites for hydroxylation is 1. The van der Waals surface area contributed by atoms with Crippen LogP contribution >= 0.6 is 0 Å². The Morgan fingerprint density at radius 1 is 1.32 bits per heavy atom. The predicted octanol–water partition coefficient (Wildman–Crippen LogP) is 0.845. The van der Waals surface area contributed by atoms with E-state index in [1.165, 1.54) is 0 Å². The fraction of sp³-hybridized carbons (Fsp3) is 0.444. The molecule has 1 aliphatic heterocycles. The van der Waals surface area contributed by atoms with Crippen molar-refractivity contribution in [3.8, 4) is 11.4 Å². The van der Waals surface area contributed by atoms with E-state index in [2.05, 4.69) is 26.9 Å². The summed E-state index contributed by atoms with van der Waals surface area (Å²) in [4.78, 5) is 40.4. The summed E-state index contributed by atoms with van der Waals surface area (Å²) < 4.78 is 0. The van der Waals surface area contributed by atoms with Crippen molar-refractivity contribution in [2.75, 3.05) is 26.7 Å². The first-order valence-corrected chi connectivity index (χ1v) is 8.44. The van der Waals surface area contributed by atoms with Crippen molar-refractivity contribution in [3.05, 3.63) is 46.1 Å². The topological polar surface area (TPSA) is 82.2 Å². The molecule has 0 unspecified atom stereocenters. The molecule has 1 atom stereocenters. The first-order valence-electron chi connectivity index (χ1n) is 8.44. The van der Waals surface area contributed by atoms with E-state index in [1.807, 2.05) is 11.8 Å². The second-order valence-corrected chi connectivity index (χ2v) is 6.59. The minimum Gasteiger partial charge on any atom is -0.337 e. The number of carbonyl (C=O) groups is 1. The SMILES string of the molecule is Cc1nc(-c2ccncc2)[nH]c(=O)c1CC(=O)N1CCN(C)C[C@@H]1C. The highest BCUT2D eigenvalue weighted by Crippen LogP contribution is 2.15. The van der Waals surface area contributed by atoms with Crippen LogP contribution in [0.2, 0.25) is 0 Å². The summed E-state index contributed by atoms with van der Waals surface area (Å²) in [6, 6.07) is 3.72. The molecule has 132 valence electrons. The van der Waals surface area contributed by atoms with E-state index in [0.29, 0.717) is 23.6 Å². The summed E-state index contributed by atoms with van der Waals surface area (Å²) in [6.45, 7) is 6.20. The lowest BCUT2D eigenvalue weighted by atomic mass is 10.1. The number of hydrogen-bond acceptors (Lipinski definition) is 5. The van der Waals surface area contributed by atoms with Gasteiger partial charge in [-0.15, -0.1) is 0 Å². The number of likely N-dealkylation sites (N-methyl/N-ethyl adjacent to an activating group) is 1. The predicted molar refractivity (Wildman–Crippen MR) is 95.2 cm³/mol.